The molecule has 0 aromatic carbocycles. The summed E-state index contributed by atoms with van der Waals surface area (Å²) in [6.45, 7) is 7.60. The van der Waals surface area contributed by atoms with Gasteiger partial charge in [0.1, 0.15) is 22.8 Å². The van der Waals surface area contributed by atoms with Crippen LogP contribution in [0.15, 0.2) is 0 Å². The smallest absolute Gasteiger partial charge is 0.328 e. The molecular weight excluding hydrogens is 254 g/mol. The standard InChI is InChI=1S/C12H18ClN3O2/c1-5-9-15-10(13)7(3)11(16-9)14-8(4)12(17)18-6-2/h8H,5-6H2,1-4H3,(H,14,15,16). The number of nitrogens with one attached hydrogen (secondary N) is 1. The van der Waals surface area contributed by atoms with E-state index in [0.717, 1.165) is 5.56 Å². The number of hydrogen-bond acceptors (Lipinski definition) is 5. The third-order valence-electron chi connectivity index (χ3n) is 2.44. The second-order valence-electron chi connectivity index (χ2n) is 3.88. The van der Waals surface area contributed by atoms with Gasteiger partial charge in [0.25, 0.3) is 0 Å². The van der Waals surface area contributed by atoms with Gasteiger partial charge in [0, 0.05) is 12.0 Å². The maximum atomic E-state index is 11.5. The van der Waals surface area contributed by atoms with Gasteiger partial charge in [-0.05, 0) is 20.8 Å². The number of rotatable bonds is 5. The maximum Gasteiger partial charge on any atom is 0.328 e. The SMILES string of the molecule is CCOC(=O)C(C)Nc1nc(CC)nc(Cl)c1C. The van der Waals surface area contributed by atoms with Crippen molar-refractivity contribution in [3.8, 4) is 0 Å². The Morgan fingerprint density at radius 3 is 2.67 bits per heavy atom. The highest BCUT2D eigenvalue weighted by molar-refractivity contribution is 6.30. The van der Waals surface area contributed by atoms with Crippen LogP contribution in [0.5, 0.6) is 0 Å². The third-order valence-corrected chi connectivity index (χ3v) is 2.81. The highest BCUT2D eigenvalue weighted by Crippen LogP contribution is 2.20. The van der Waals surface area contributed by atoms with E-state index in [2.05, 4.69) is 15.3 Å². The molecule has 5 nitrogen and oxygen atoms in total. The maximum absolute atomic E-state index is 11.5. The monoisotopic (exact) mass is 271 g/mol. The summed E-state index contributed by atoms with van der Waals surface area (Å²) >= 11 is 6.01. The van der Waals surface area contributed by atoms with Crippen molar-refractivity contribution in [2.75, 3.05) is 11.9 Å². The minimum absolute atomic E-state index is 0.315. The quantitative estimate of drug-likeness (QED) is 0.658. The number of halogens is 1. The van der Waals surface area contributed by atoms with Gasteiger partial charge in [-0.2, -0.15) is 0 Å². The molecule has 1 N–H and O–H groups in total. The van der Waals surface area contributed by atoms with Crippen LogP contribution in [-0.4, -0.2) is 28.6 Å². The summed E-state index contributed by atoms with van der Waals surface area (Å²) in [5.41, 5.74) is 0.727. The Labute approximate surface area is 112 Å². The number of hydrogen-bond donors (Lipinski definition) is 1. The van der Waals surface area contributed by atoms with Crippen molar-refractivity contribution >= 4 is 23.4 Å². The molecule has 1 unspecified atom stereocenters. The fraction of sp³-hybridized carbons (Fsp3) is 0.583. The normalized spacial score (nSPS) is 12.1. The molecule has 1 aromatic heterocycles. The van der Waals surface area contributed by atoms with E-state index in [1.807, 2.05) is 13.8 Å². The molecule has 100 valence electrons. The number of ether oxygens (including phenoxy) is 1. The van der Waals surface area contributed by atoms with Crippen molar-refractivity contribution in [1.29, 1.82) is 0 Å². The Bertz CT molecular complexity index is 438. The van der Waals surface area contributed by atoms with Crippen molar-refractivity contribution in [3.05, 3.63) is 16.5 Å². The van der Waals surface area contributed by atoms with Crippen LogP contribution in [0.2, 0.25) is 5.15 Å². The van der Waals surface area contributed by atoms with E-state index >= 15 is 0 Å². The van der Waals surface area contributed by atoms with Gasteiger partial charge in [-0.1, -0.05) is 18.5 Å². The molecule has 1 atom stereocenters. The fourth-order valence-corrected chi connectivity index (χ4v) is 1.55. The Hall–Kier alpha value is -1.36. The molecule has 1 heterocycles. The molecule has 0 spiro atoms. The van der Waals surface area contributed by atoms with E-state index in [0.29, 0.717) is 29.8 Å². The van der Waals surface area contributed by atoms with Crippen molar-refractivity contribution in [2.45, 2.75) is 40.2 Å². The van der Waals surface area contributed by atoms with Crippen molar-refractivity contribution in [1.82, 2.24) is 9.97 Å². The Kier molecular flexibility index (Phi) is 5.34. The predicted octanol–water partition coefficient (Wildman–Crippen LogP) is 2.36. The van der Waals surface area contributed by atoms with Gasteiger partial charge in [-0.15, -0.1) is 0 Å². The average Bonchev–Trinajstić information content (AvgIpc) is 2.34. The molecular formula is C12H18ClN3O2. The zero-order valence-electron chi connectivity index (χ0n) is 11.1. The van der Waals surface area contributed by atoms with Crippen LogP contribution in [0.1, 0.15) is 32.2 Å². The minimum Gasteiger partial charge on any atom is -0.464 e. The van der Waals surface area contributed by atoms with E-state index in [1.54, 1.807) is 13.8 Å². The van der Waals surface area contributed by atoms with Gasteiger partial charge in [-0.3, -0.25) is 0 Å². The Morgan fingerprint density at radius 1 is 1.44 bits per heavy atom. The van der Waals surface area contributed by atoms with Gasteiger partial charge in [0.2, 0.25) is 0 Å². The zero-order chi connectivity index (χ0) is 13.7. The van der Waals surface area contributed by atoms with E-state index in [9.17, 15) is 4.79 Å². The van der Waals surface area contributed by atoms with Gasteiger partial charge in [0.15, 0.2) is 0 Å². The van der Waals surface area contributed by atoms with Crippen molar-refractivity contribution < 1.29 is 9.53 Å². The van der Waals surface area contributed by atoms with Crippen LogP contribution in [0.25, 0.3) is 0 Å². The molecule has 0 aliphatic carbocycles. The fourth-order valence-electron chi connectivity index (χ4n) is 1.36. The molecule has 0 amide bonds. The number of nitrogens with zero attached hydrogens (tertiary/aromatic N) is 2. The lowest BCUT2D eigenvalue weighted by Crippen LogP contribution is -2.29. The number of carbonyl (C=O) groups excluding carboxylic acids is 1. The first-order chi connectivity index (χ1) is 8.49. The summed E-state index contributed by atoms with van der Waals surface area (Å²) < 4.78 is 4.92. The molecule has 0 bridgehead atoms. The summed E-state index contributed by atoms with van der Waals surface area (Å²) in [6.07, 6.45) is 0.683. The van der Waals surface area contributed by atoms with Gasteiger partial charge in [0.05, 0.1) is 6.61 Å². The summed E-state index contributed by atoms with van der Waals surface area (Å²) in [5, 5.41) is 3.40. The Balaban J connectivity index is 2.89. The molecule has 0 saturated carbocycles. The minimum atomic E-state index is -0.473. The first-order valence-electron chi connectivity index (χ1n) is 5.95. The van der Waals surface area contributed by atoms with Gasteiger partial charge < -0.3 is 10.1 Å². The van der Waals surface area contributed by atoms with Crippen LogP contribution in [0.4, 0.5) is 5.82 Å². The van der Waals surface area contributed by atoms with Crippen LogP contribution in [0.3, 0.4) is 0 Å². The number of aryl methyl sites for hydroxylation is 1. The first-order valence-corrected chi connectivity index (χ1v) is 6.33. The second-order valence-corrected chi connectivity index (χ2v) is 4.23. The lowest BCUT2D eigenvalue weighted by molar-refractivity contribution is -0.143. The molecule has 6 heteroatoms. The van der Waals surface area contributed by atoms with Crippen LogP contribution < -0.4 is 5.32 Å². The van der Waals surface area contributed by atoms with Crippen molar-refractivity contribution in [2.24, 2.45) is 0 Å². The number of esters is 1. The highest BCUT2D eigenvalue weighted by Gasteiger charge is 2.17. The molecule has 0 aliphatic heterocycles. The number of anilines is 1. The molecule has 18 heavy (non-hydrogen) atoms. The summed E-state index contributed by atoms with van der Waals surface area (Å²) in [7, 11) is 0. The van der Waals surface area contributed by atoms with E-state index in [-0.39, 0.29) is 5.97 Å². The zero-order valence-corrected chi connectivity index (χ0v) is 11.8. The highest BCUT2D eigenvalue weighted by atomic mass is 35.5. The van der Waals surface area contributed by atoms with Crippen molar-refractivity contribution in [3.63, 3.8) is 0 Å². The van der Waals surface area contributed by atoms with Gasteiger partial charge >= 0.3 is 5.97 Å². The van der Waals surface area contributed by atoms with Gasteiger partial charge in [-0.25, -0.2) is 14.8 Å². The van der Waals surface area contributed by atoms with Crippen LogP contribution >= 0.6 is 11.6 Å². The van der Waals surface area contributed by atoms with E-state index < -0.39 is 6.04 Å². The van der Waals surface area contributed by atoms with E-state index in [1.165, 1.54) is 0 Å². The number of carbonyl (C=O) groups is 1. The molecule has 0 aliphatic rings. The predicted molar refractivity (Wildman–Crippen MR) is 70.9 cm³/mol. The largest absolute Gasteiger partial charge is 0.464 e. The lowest BCUT2D eigenvalue weighted by atomic mass is 10.3. The van der Waals surface area contributed by atoms with Crippen LogP contribution in [0, 0.1) is 6.92 Å². The molecule has 1 rings (SSSR count). The average molecular weight is 272 g/mol. The number of aromatic nitrogens is 2. The summed E-state index contributed by atoms with van der Waals surface area (Å²) in [6, 6.07) is -0.473. The first kappa shape index (κ1) is 14.7. The Morgan fingerprint density at radius 2 is 2.11 bits per heavy atom. The second kappa shape index (κ2) is 6.54. The lowest BCUT2D eigenvalue weighted by Gasteiger charge is -2.15. The topological polar surface area (TPSA) is 64.1 Å². The molecule has 0 fully saturated rings. The van der Waals surface area contributed by atoms with E-state index in [4.69, 9.17) is 16.3 Å². The molecule has 0 radical (unpaired) electrons. The summed E-state index contributed by atoms with van der Waals surface area (Å²) in [5.74, 6) is 0.904. The third kappa shape index (κ3) is 3.57. The molecule has 0 saturated heterocycles. The van der Waals surface area contributed by atoms with Crippen LogP contribution in [-0.2, 0) is 16.0 Å². The molecule has 1 aromatic rings. The summed E-state index contributed by atoms with van der Waals surface area (Å²) in [4.78, 5) is 20.0.